The van der Waals surface area contributed by atoms with Gasteiger partial charge < -0.3 is 0 Å². The van der Waals surface area contributed by atoms with E-state index in [-0.39, 0.29) is 25.8 Å². The molecule has 0 saturated heterocycles. The van der Waals surface area contributed by atoms with Gasteiger partial charge in [0.25, 0.3) is 0 Å². The van der Waals surface area contributed by atoms with Gasteiger partial charge in [-0.25, -0.2) is 0 Å². The second kappa shape index (κ2) is 5.65. The quantitative estimate of drug-likeness (QED) is 0.396. The number of rotatable bonds is 1. The third kappa shape index (κ3) is 2.40. The summed E-state index contributed by atoms with van der Waals surface area (Å²) in [5.74, 6) is 0. The summed E-state index contributed by atoms with van der Waals surface area (Å²) in [7, 11) is 0. The van der Waals surface area contributed by atoms with Gasteiger partial charge in [0.1, 0.15) is 0 Å². The molecule has 1 radical (unpaired) electrons. The molecule has 0 spiro atoms. The van der Waals surface area contributed by atoms with Crippen LogP contribution in [-0.4, -0.2) is 0 Å². The first kappa shape index (κ1) is 14.3. The van der Waals surface area contributed by atoms with Crippen LogP contribution in [0.4, 0.5) is 0 Å². The maximum absolute atomic E-state index is 2.28. The Morgan fingerprint density at radius 3 is 2.24 bits per heavy atom. The van der Waals surface area contributed by atoms with Gasteiger partial charge in [0, 0.05) is 25.8 Å². The molecule has 0 bridgehead atoms. The molecule has 4 aromatic carbocycles. The molecule has 99 valence electrons. The minimum atomic E-state index is 0. The van der Waals surface area contributed by atoms with Crippen molar-refractivity contribution in [1.82, 2.24) is 0 Å². The molecule has 1 heteroatoms. The normalized spacial score (nSPS) is 10.7. The summed E-state index contributed by atoms with van der Waals surface area (Å²) < 4.78 is 0. The molecule has 0 aromatic heterocycles. The Morgan fingerprint density at radius 1 is 0.714 bits per heavy atom. The zero-order valence-corrected chi connectivity index (χ0v) is 13.8. The average Bonchev–Trinajstić information content (AvgIpc) is 2.87. The number of hydrogen-bond acceptors (Lipinski definition) is 0. The van der Waals surface area contributed by atoms with Crippen molar-refractivity contribution in [2.75, 3.05) is 0 Å². The first-order valence-corrected chi connectivity index (χ1v) is 6.97. The second-order valence-electron chi connectivity index (χ2n) is 5.37. The third-order valence-electron chi connectivity index (χ3n) is 3.97. The summed E-state index contributed by atoms with van der Waals surface area (Å²) in [5.41, 5.74) is 3.97. The van der Waals surface area contributed by atoms with Gasteiger partial charge in [-0.3, -0.25) is 0 Å². The Hall–Kier alpha value is -1.60. The molecule has 0 heterocycles. The predicted octanol–water partition coefficient (Wildman–Crippen LogP) is 5.68. The van der Waals surface area contributed by atoms with E-state index in [1.54, 1.807) is 0 Å². The summed E-state index contributed by atoms with van der Waals surface area (Å²) in [6, 6.07) is 26.2. The van der Waals surface area contributed by atoms with E-state index >= 15 is 0 Å². The maximum Gasteiger partial charge on any atom is 0 e. The Morgan fingerprint density at radius 2 is 1.38 bits per heavy atom. The van der Waals surface area contributed by atoms with Crippen molar-refractivity contribution in [3.63, 3.8) is 0 Å². The molecule has 0 amide bonds. The fraction of sp³-hybridized carbons (Fsp3) is 0.0500. The molecule has 0 aliphatic rings. The summed E-state index contributed by atoms with van der Waals surface area (Å²) >= 11 is 0. The van der Waals surface area contributed by atoms with E-state index in [2.05, 4.69) is 79.7 Å². The maximum atomic E-state index is 2.28. The number of aryl methyl sites for hydroxylation is 1. The summed E-state index contributed by atoms with van der Waals surface area (Å²) in [5, 5.41) is 5.29. The van der Waals surface area contributed by atoms with E-state index in [0.717, 1.165) is 0 Å². The Bertz CT molecular complexity index is 910. The molecular weight excluding hydrogens is 285 g/mol. The van der Waals surface area contributed by atoms with E-state index in [1.165, 1.54) is 38.2 Å². The van der Waals surface area contributed by atoms with Gasteiger partial charge in [-0.15, -0.1) is 34.5 Å². The molecule has 0 N–H and O–H groups in total. The smallest absolute Gasteiger partial charge is 0 e. The van der Waals surface area contributed by atoms with E-state index in [1.807, 2.05) is 0 Å². The molecule has 0 saturated carbocycles. The van der Waals surface area contributed by atoms with E-state index in [0.29, 0.717) is 0 Å². The van der Waals surface area contributed by atoms with Gasteiger partial charge in [-0.05, 0) is 16.3 Å². The van der Waals surface area contributed by atoms with Crippen molar-refractivity contribution in [3.8, 4) is 11.1 Å². The van der Waals surface area contributed by atoms with Crippen molar-refractivity contribution >= 4 is 21.5 Å². The first-order valence-electron chi connectivity index (χ1n) is 6.97. The molecule has 0 aliphatic heterocycles. The van der Waals surface area contributed by atoms with Gasteiger partial charge >= 0.3 is 0 Å². The van der Waals surface area contributed by atoms with Crippen LogP contribution >= 0.6 is 0 Å². The predicted molar refractivity (Wildman–Crippen MR) is 87.2 cm³/mol. The van der Waals surface area contributed by atoms with Crippen LogP contribution in [0.1, 0.15) is 5.56 Å². The summed E-state index contributed by atoms with van der Waals surface area (Å²) in [6.45, 7) is 2.16. The van der Waals surface area contributed by atoms with Crippen LogP contribution in [0.5, 0.6) is 0 Å². The number of benzene rings is 3. The van der Waals surface area contributed by atoms with E-state index < -0.39 is 0 Å². The number of hydrogen-bond donors (Lipinski definition) is 0. The Balaban J connectivity index is 0.00000132. The summed E-state index contributed by atoms with van der Waals surface area (Å²) in [6.07, 6.45) is 0. The van der Waals surface area contributed by atoms with Gasteiger partial charge in [0.2, 0.25) is 0 Å². The van der Waals surface area contributed by atoms with Crippen LogP contribution in [0.15, 0.2) is 72.8 Å². The van der Waals surface area contributed by atoms with Gasteiger partial charge in [-0.1, -0.05) is 61.0 Å². The zero-order chi connectivity index (χ0) is 13.5. The first-order chi connectivity index (χ1) is 9.83. The van der Waals surface area contributed by atoms with Crippen LogP contribution in [0.25, 0.3) is 32.7 Å². The molecule has 4 aromatic rings. The summed E-state index contributed by atoms with van der Waals surface area (Å²) in [4.78, 5) is 0. The van der Waals surface area contributed by atoms with E-state index in [4.69, 9.17) is 0 Å². The molecule has 0 unspecified atom stereocenters. The minimum absolute atomic E-state index is 0. The third-order valence-corrected chi connectivity index (χ3v) is 3.97. The van der Waals surface area contributed by atoms with Crippen molar-refractivity contribution < 1.29 is 25.8 Å². The standard InChI is InChI=1S/C20H15.Sc/c1-14-12-16-8-5-11-19(20(16)13-14)18-10-4-7-15-6-2-3-9-17(15)18;/h2-13H,1H3;/q-1;. The zero-order valence-electron chi connectivity index (χ0n) is 12.0. The monoisotopic (exact) mass is 300 g/mol. The van der Waals surface area contributed by atoms with Crippen molar-refractivity contribution in [1.29, 1.82) is 0 Å². The Labute approximate surface area is 143 Å². The molecule has 0 fully saturated rings. The van der Waals surface area contributed by atoms with Gasteiger partial charge in [-0.2, -0.15) is 6.07 Å². The molecular formula is C20H15Sc-. The van der Waals surface area contributed by atoms with E-state index in [9.17, 15) is 0 Å². The fourth-order valence-electron chi connectivity index (χ4n) is 3.08. The number of fused-ring (bicyclic) bond motifs is 2. The van der Waals surface area contributed by atoms with Crippen LogP contribution in [0.2, 0.25) is 0 Å². The van der Waals surface area contributed by atoms with Gasteiger partial charge in [0.05, 0.1) is 0 Å². The van der Waals surface area contributed by atoms with Crippen LogP contribution < -0.4 is 0 Å². The average molecular weight is 300 g/mol. The van der Waals surface area contributed by atoms with Crippen molar-refractivity contribution in [3.05, 3.63) is 78.4 Å². The molecule has 0 aliphatic carbocycles. The van der Waals surface area contributed by atoms with Crippen molar-refractivity contribution in [2.24, 2.45) is 0 Å². The van der Waals surface area contributed by atoms with Crippen LogP contribution in [0.3, 0.4) is 0 Å². The second-order valence-corrected chi connectivity index (χ2v) is 5.37. The largest absolute Gasteiger partial charge is 0.165 e. The SMILES string of the molecule is Cc1cc2c(-c3cccc4ccccc34)cccc2[cH-]1.[Sc]. The fourth-order valence-corrected chi connectivity index (χ4v) is 3.08. The minimum Gasteiger partial charge on any atom is -0.165 e. The van der Waals surface area contributed by atoms with Crippen LogP contribution in [0, 0.1) is 6.92 Å². The van der Waals surface area contributed by atoms with Gasteiger partial charge in [0.15, 0.2) is 0 Å². The van der Waals surface area contributed by atoms with Crippen molar-refractivity contribution in [2.45, 2.75) is 6.92 Å². The Kier molecular flexibility index (Phi) is 3.86. The molecule has 0 atom stereocenters. The molecule has 0 nitrogen and oxygen atoms in total. The van der Waals surface area contributed by atoms with Crippen LogP contribution in [-0.2, 0) is 25.8 Å². The topological polar surface area (TPSA) is 0 Å². The molecule has 4 rings (SSSR count). The molecule has 21 heavy (non-hydrogen) atoms.